The molecule has 0 heterocycles. The Hall–Kier alpha value is -3.15. The van der Waals surface area contributed by atoms with E-state index >= 15 is 0 Å². The summed E-state index contributed by atoms with van der Waals surface area (Å²) in [5, 5.41) is 0. The first-order chi connectivity index (χ1) is 29.0. The van der Waals surface area contributed by atoms with Crippen molar-refractivity contribution in [1.82, 2.24) is 0 Å². The summed E-state index contributed by atoms with van der Waals surface area (Å²) in [5.41, 5.74) is 0. The van der Waals surface area contributed by atoms with Gasteiger partial charge < -0.3 is 14.2 Å². The fraction of sp³-hybridized carbons (Fsp3) is 0.717. The van der Waals surface area contributed by atoms with Crippen LogP contribution in [0.2, 0.25) is 0 Å². The molecule has 338 valence electrons. The Bertz CT molecular complexity index is 1130. The first-order valence-electron chi connectivity index (χ1n) is 24.4. The normalized spacial score (nSPS) is 12.7. The van der Waals surface area contributed by atoms with Crippen molar-refractivity contribution in [2.45, 2.75) is 232 Å². The van der Waals surface area contributed by atoms with E-state index in [-0.39, 0.29) is 37.5 Å². The van der Waals surface area contributed by atoms with Gasteiger partial charge in [0.2, 0.25) is 0 Å². The average molecular weight is 823 g/mol. The molecule has 59 heavy (non-hydrogen) atoms. The second-order valence-electron chi connectivity index (χ2n) is 16.0. The zero-order chi connectivity index (χ0) is 43.0. The molecule has 0 aliphatic heterocycles. The Morgan fingerprint density at radius 3 is 1.12 bits per heavy atom. The topological polar surface area (TPSA) is 78.9 Å². The van der Waals surface area contributed by atoms with E-state index in [4.69, 9.17) is 14.2 Å². The summed E-state index contributed by atoms with van der Waals surface area (Å²) in [5.74, 6) is -0.980. The number of hydrogen-bond donors (Lipinski definition) is 0. The van der Waals surface area contributed by atoms with Gasteiger partial charge in [-0.1, -0.05) is 177 Å². The van der Waals surface area contributed by atoms with Gasteiger partial charge in [0.15, 0.2) is 6.10 Å². The maximum absolute atomic E-state index is 12.7. The number of hydrogen-bond acceptors (Lipinski definition) is 6. The van der Waals surface area contributed by atoms with E-state index in [1.54, 1.807) is 0 Å². The third-order valence-corrected chi connectivity index (χ3v) is 10.2. The summed E-state index contributed by atoms with van der Waals surface area (Å²) in [6.45, 7) is 6.48. The van der Waals surface area contributed by atoms with Gasteiger partial charge in [-0.3, -0.25) is 14.4 Å². The van der Waals surface area contributed by atoms with Crippen molar-refractivity contribution in [3.8, 4) is 0 Å². The maximum atomic E-state index is 12.7. The molecule has 1 atom stereocenters. The van der Waals surface area contributed by atoms with E-state index in [0.29, 0.717) is 19.3 Å². The molecule has 6 heteroatoms. The lowest BCUT2D eigenvalue weighted by Crippen LogP contribution is -2.30. The van der Waals surface area contributed by atoms with E-state index in [0.717, 1.165) is 89.9 Å². The largest absolute Gasteiger partial charge is 0.462 e. The SMILES string of the molecule is CCCC/C=C\CCCCCCCC(=O)OC[C@@H](COC(=O)CCC/C=C\C/C=C\C/C=C\C/C=C\CCCCC)OC(=O)CCCCCCC/C=C\CCCCCC. The minimum absolute atomic E-state index is 0.101. The van der Waals surface area contributed by atoms with E-state index in [2.05, 4.69) is 93.7 Å². The van der Waals surface area contributed by atoms with Crippen LogP contribution in [0.1, 0.15) is 226 Å². The Balaban J connectivity index is 4.48. The molecule has 0 radical (unpaired) electrons. The van der Waals surface area contributed by atoms with Crippen LogP contribution in [-0.4, -0.2) is 37.2 Å². The Kier molecular flexibility index (Phi) is 45.0. The fourth-order valence-corrected chi connectivity index (χ4v) is 6.41. The summed E-state index contributed by atoms with van der Waals surface area (Å²) in [6.07, 6.45) is 58.8. The van der Waals surface area contributed by atoms with Crippen LogP contribution in [0.5, 0.6) is 0 Å². The highest BCUT2D eigenvalue weighted by Crippen LogP contribution is 2.13. The highest BCUT2D eigenvalue weighted by Gasteiger charge is 2.19. The molecule has 0 unspecified atom stereocenters. The van der Waals surface area contributed by atoms with Crippen LogP contribution in [0.3, 0.4) is 0 Å². The molecule has 6 nitrogen and oxygen atoms in total. The van der Waals surface area contributed by atoms with Gasteiger partial charge >= 0.3 is 17.9 Å². The molecule has 0 saturated heterocycles. The number of carbonyl (C=O) groups is 3. The van der Waals surface area contributed by atoms with Crippen LogP contribution in [-0.2, 0) is 28.6 Å². The number of allylic oxidation sites excluding steroid dienone is 12. The zero-order valence-electron chi connectivity index (χ0n) is 38.5. The minimum Gasteiger partial charge on any atom is -0.462 e. The Morgan fingerprint density at radius 2 is 0.644 bits per heavy atom. The number of ether oxygens (including phenoxy) is 3. The molecule has 0 aliphatic rings. The van der Waals surface area contributed by atoms with Crippen LogP contribution in [0.4, 0.5) is 0 Å². The van der Waals surface area contributed by atoms with Crippen molar-refractivity contribution in [3.63, 3.8) is 0 Å². The third kappa shape index (κ3) is 45.8. The lowest BCUT2D eigenvalue weighted by Gasteiger charge is -2.18. The van der Waals surface area contributed by atoms with E-state index in [1.807, 2.05) is 0 Å². The summed E-state index contributed by atoms with van der Waals surface area (Å²) in [4.78, 5) is 37.8. The molecular weight excluding hydrogens is 733 g/mol. The molecule has 0 rings (SSSR count). The van der Waals surface area contributed by atoms with Crippen LogP contribution < -0.4 is 0 Å². The summed E-state index contributed by atoms with van der Waals surface area (Å²) >= 11 is 0. The zero-order valence-corrected chi connectivity index (χ0v) is 38.5. The predicted octanol–water partition coefficient (Wildman–Crippen LogP) is 15.9. The molecule has 0 bridgehead atoms. The summed E-state index contributed by atoms with van der Waals surface area (Å²) in [7, 11) is 0. The molecule has 0 spiro atoms. The summed E-state index contributed by atoms with van der Waals surface area (Å²) in [6, 6.07) is 0. The molecule has 0 N–H and O–H groups in total. The van der Waals surface area contributed by atoms with Crippen molar-refractivity contribution in [3.05, 3.63) is 72.9 Å². The number of esters is 3. The standard InChI is InChI=1S/C53H90O6/c1-4-7-10-13-16-19-22-24-25-26-27-29-31-34-37-40-43-46-52(55)58-49-50(48-57-51(54)45-42-39-36-33-30-21-18-15-12-9-6-3)59-53(56)47-44-41-38-35-32-28-23-20-17-14-11-8-5-2/h15-16,18-20,23-25,27,29,34,37,50H,4-14,17,21-22,26,28,30-33,35-36,38-49H2,1-3H3/b18-15-,19-16-,23-20-,25-24-,29-27-,37-34-/t50-/m0/s1. The van der Waals surface area contributed by atoms with Gasteiger partial charge in [-0.05, 0) is 103 Å². The van der Waals surface area contributed by atoms with Crippen molar-refractivity contribution < 1.29 is 28.6 Å². The highest BCUT2D eigenvalue weighted by atomic mass is 16.6. The number of carbonyl (C=O) groups excluding carboxylic acids is 3. The van der Waals surface area contributed by atoms with Gasteiger partial charge in [0.1, 0.15) is 13.2 Å². The monoisotopic (exact) mass is 823 g/mol. The Morgan fingerprint density at radius 1 is 0.339 bits per heavy atom. The van der Waals surface area contributed by atoms with E-state index < -0.39 is 6.10 Å². The Labute approximate surface area is 363 Å². The van der Waals surface area contributed by atoms with Gasteiger partial charge in [0, 0.05) is 19.3 Å². The molecular formula is C53H90O6. The van der Waals surface area contributed by atoms with Crippen molar-refractivity contribution in [2.24, 2.45) is 0 Å². The second kappa shape index (κ2) is 47.5. The van der Waals surface area contributed by atoms with E-state index in [9.17, 15) is 14.4 Å². The van der Waals surface area contributed by atoms with Crippen molar-refractivity contribution in [1.29, 1.82) is 0 Å². The average Bonchev–Trinajstić information content (AvgIpc) is 3.23. The van der Waals surface area contributed by atoms with Crippen LogP contribution >= 0.6 is 0 Å². The maximum Gasteiger partial charge on any atom is 0.306 e. The van der Waals surface area contributed by atoms with Gasteiger partial charge in [0.25, 0.3) is 0 Å². The smallest absolute Gasteiger partial charge is 0.306 e. The number of rotatable bonds is 43. The fourth-order valence-electron chi connectivity index (χ4n) is 6.41. The van der Waals surface area contributed by atoms with E-state index in [1.165, 1.54) is 89.9 Å². The first-order valence-corrected chi connectivity index (χ1v) is 24.4. The predicted molar refractivity (Wildman–Crippen MR) is 251 cm³/mol. The second-order valence-corrected chi connectivity index (χ2v) is 16.0. The van der Waals surface area contributed by atoms with Crippen LogP contribution in [0.25, 0.3) is 0 Å². The molecule has 0 aromatic heterocycles. The quantitative estimate of drug-likeness (QED) is 0.0264. The minimum atomic E-state index is -0.803. The third-order valence-electron chi connectivity index (χ3n) is 10.2. The van der Waals surface area contributed by atoms with Crippen LogP contribution in [0, 0.1) is 0 Å². The van der Waals surface area contributed by atoms with Gasteiger partial charge in [-0.25, -0.2) is 0 Å². The first kappa shape index (κ1) is 55.9. The van der Waals surface area contributed by atoms with Crippen molar-refractivity contribution >= 4 is 17.9 Å². The summed E-state index contributed by atoms with van der Waals surface area (Å²) < 4.78 is 16.7. The highest BCUT2D eigenvalue weighted by molar-refractivity contribution is 5.71. The van der Waals surface area contributed by atoms with Gasteiger partial charge in [-0.2, -0.15) is 0 Å². The number of unbranched alkanes of at least 4 members (excludes halogenated alkanes) is 20. The molecule has 0 fully saturated rings. The molecule has 0 aromatic carbocycles. The van der Waals surface area contributed by atoms with Crippen molar-refractivity contribution in [2.75, 3.05) is 13.2 Å². The molecule has 0 amide bonds. The van der Waals surface area contributed by atoms with Gasteiger partial charge in [0.05, 0.1) is 0 Å². The molecule has 0 aromatic rings. The lowest BCUT2D eigenvalue weighted by molar-refractivity contribution is -0.167. The molecule has 0 aliphatic carbocycles. The van der Waals surface area contributed by atoms with Gasteiger partial charge in [-0.15, -0.1) is 0 Å². The molecule has 0 saturated carbocycles. The van der Waals surface area contributed by atoms with Crippen LogP contribution in [0.15, 0.2) is 72.9 Å². The lowest BCUT2D eigenvalue weighted by atomic mass is 10.1.